The van der Waals surface area contributed by atoms with E-state index in [9.17, 15) is 4.79 Å². The molecule has 1 heterocycles. The second-order valence-electron chi connectivity index (χ2n) is 7.14. The average molecular weight is 373 g/mol. The van der Waals surface area contributed by atoms with Crippen molar-refractivity contribution in [1.82, 2.24) is 15.5 Å². The van der Waals surface area contributed by atoms with E-state index in [1.165, 1.54) is 12.8 Å². The number of aromatic amines is 1. The van der Waals surface area contributed by atoms with Gasteiger partial charge in [-0.15, -0.1) is 5.10 Å². The summed E-state index contributed by atoms with van der Waals surface area (Å²) in [6.07, 6.45) is 5.94. The fourth-order valence-electron chi connectivity index (χ4n) is 4.45. The summed E-state index contributed by atoms with van der Waals surface area (Å²) in [5, 5.41) is 9.83. The van der Waals surface area contributed by atoms with Crippen molar-refractivity contribution in [2.75, 3.05) is 6.61 Å². The van der Waals surface area contributed by atoms with Crippen molar-refractivity contribution in [3.05, 3.63) is 34.7 Å². The van der Waals surface area contributed by atoms with Gasteiger partial charge in [-0.2, -0.15) is 0 Å². The van der Waals surface area contributed by atoms with E-state index in [1.807, 2.05) is 19.1 Å². The summed E-state index contributed by atoms with van der Waals surface area (Å²) in [5.74, 6) is 0.385. The molecule has 0 unspecified atom stereocenters. The number of carbonyl (C=O) groups excluding carboxylic acids is 1. The minimum Gasteiger partial charge on any atom is -0.409 e. The Labute approximate surface area is 157 Å². The first kappa shape index (κ1) is 17.4. The van der Waals surface area contributed by atoms with Crippen LogP contribution in [0.25, 0.3) is 11.5 Å². The van der Waals surface area contributed by atoms with Crippen LogP contribution in [0.2, 0.25) is 0 Å². The standard InChI is InChI=1S/C19H23N3O3S/c1-2-24-15-11-14(19(15)9-3-4-10-19)20-16(23)12-5-7-13(8-6-12)17-21-22-18(26)25-17/h5-8,14-15H,2-4,9-11H2,1H3,(H,20,23)(H,22,26)/t14-,15-/m0/s1. The van der Waals surface area contributed by atoms with Gasteiger partial charge in [-0.25, -0.2) is 5.10 Å². The van der Waals surface area contributed by atoms with Crippen LogP contribution in [0.5, 0.6) is 0 Å². The predicted octanol–water partition coefficient (Wildman–Crippen LogP) is 3.87. The number of hydrogen-bond acceptors (Lipinski definition) is 5. The van der Waals surface area contributed by atoms with Crippen LogP contribution in [0, 0.1) is 10.3 Å². The van der Waals surface area contributed by atoms with E-state index in [0.29, 0.717) is 11.5 Å². The second kappa shape index (κ2) is 6.96. The van der Waals surface area contributed by atoms with E-state index in [4.69, 9.17) is 21.4 Å². The van der Waals surface area contributed by atoms with Crippen LogP contribution in [-0.2, 0) is 4.74 Å². The van der Waals surface area contributed by atoms with Crippen molar-refractivity contribution in [3.8, 4) is 11.5 Å². The molecule has 0 aliphatic heterocycles. The monoisotopic (exact) mass is 373 g/mol. The van der Waals surface area contributed by atoms with Crippen LogP contribution in [0.4, 0.5) is 0 Å². The minimum absolute atomic E-state index is 0.0364. The fourth-order valence-corrected chi connectivity index (χ4v) is 4.57. The molecule has 1 amide bonds. The van der Waals surface area contributed by atoms with Crippen molar-refractivity contribution in [2.45, 2.75) is 51.2 Å². The first-order chi connectivity index (χ1) is 12.6. The Bertz CT molecular complexity index is 836. The Morgan fingerprint density at radius 1 is 1.38 bits per heavy atom. The molecule has 1 spiro atoms. The molecule has 0 radical (unpaired) electrons. The van der Waals surface area contributed by atoms with Crippen LogP contribution < -0.4 is 5.32 Å². The number of ether oxygens (including phenoxy) is 1. The molecule has 2 aliphatic carbocycles. The molecule has 0 saturated heterocycles. The molecule has 2 aromatic rings. The molecule has 6 nitrogen and oxygen atoms in total. The SMILES string of the molecule is CCO[C@H]1C[C@H](NC(=O)c2ccc(-c3n[nH]c(=S)o3)cc2)C12CCCC2. The maximum atomic E-state index is 12.7. The number of aromatic nitrogens is 2. The highest BCUT2D eigenvalue weighted by Gasteiger charge is 2.57. The lowest BCUT2D eigenvalue weighted by Gasteiger charge is -2.54. The molecule has 2 N–H and O–H groups in total. The normalized spacial score (nSPS) is 23.7. The molecule has 2 saturated carbocycles. The van der Waals surface area contributed by atoms with Gasteiger partial charge in [-0.1, -0.05) is 12.8 Å². The molecular formula is C19H23N3O3S. The van der Waals surface area contributed by atoms with Crippen LogP contribution in [-0.4, -0.2) is 34.9 Å². The lowest BCUT2D eigenvalue weighted by molar-refractivity contribution is -0.127. The molecule has 2 atom stereocenters. The third kappa shape index (κ3) is 2.99. The van der Waals surface area contributed by atoms with Crippen LogP contribution in [0.15, 0.2) is 28.7 Å². The fraction of sp³-hybridized carbons (Fsp3) is 0.526. The predicted molar refractivity (Wildman–Crippen MR) is 99.3 cm³/mol. The summed E-state index contributed by atoms with van der Waals surface area (Å²) < 4.78 is 11.2. The number of nitrogens with zero attached hydrogens (tertiary/aromatic N) is 1. The quantitative estimate of drug-likeness (QED) is 0.778. The van der Waals surface area contributed by atoms with Crippen LogP contribution in [0.3, 0.4) is 0 Å². The zero-order valence-electron chi connectivity index (χ0n) is 14.8. The lowest BCUT2D eigenvalue weighted by Crippen LogP contribution is -2.63. The zero-order valence-corrected chi connectivity index (χ0v) is 15.6. The highest BCUT2D eigenvalue weighted by atomic mass is 32.1. The summed E-state index contributed by atoms with van der Waals surface area (Å²) in [7, 11) is 0. The molecule has 7 heteroatoms. The average Bonchev–Trinajstić information content (AvgIpc) is 3.32. The van der Waals surface area contributed by atoms with Crippen LogP contribution in [0.1, 0.15) is 49.4 Å². The highest BCUT2D eigenvalue weighted by molar-refractivity contribution is 7.71. The number of amides is 1. The van der Waals surface area contributed by atoms with Gasteiger partial charge in [0.15, 0.2) is 0 Å². The third-order valence-electron chi connectivity index (χ3n) is 5.82. The van der Waals surface area contributed by atoms with E-state index in [-0.39, 0.29) is 28.3 Å². The molecule has 2 fully saturated rings. The smallest absolute Gasteiger partial charge is 0.284 e. The number of carbonyl (C=O) groups is 1. The number of rotatable bonds is 5. The summed E-state index contributed by atoms with van der Waals surface area (Å²) in [5.41, 5.74) is 1.55. The molecule has 2 aliphatic rings. The topological polar surface area (TPSA) is 80.1 Å². The molecule has 1 aromatic carbocycles. The Balaban J connectivity index is 1.44. The Morgan fingerprint density at radius 2 is 2.12 bits per heavy atom. The summed E-state index contributed by atoms with van der Waals surface area (Å²) in [6.45, 7) is 2.77. The Kier molecular flexibility index (Phi) is 4.67. The van der Waals surface area contributed by atoms with Gasteiger partial charge in [0.25, 0.3) is 10.7 Å². The van der Waals surface area contributed by atoms with Crippen molar-refractivity contribution >= 4 is 18.1 Å². The first-order valence-electron chi connectivity index (χ1n) is 9.21. The molecule has 0 bridgehead atoms. The van der Waals surface area contributed by atoms with E-state index in [0.717, 1.165) is 31.4 Å². The van der Waals surface area contributed by atoms with Gasteiger partial charge in [0, 0.05) is 29.2 Å². The minimum atomic E-state index is -0.0364. The number of nitrogens with one attached hydrogen (secondary N) is 2. The summed E-state index contributed by atoms with van der Waals surface area (Å²) in [4.78, 5) is 12.9. The molecule has 4 rings (SSSR count). The van der Waals surface area contributed by atoms with Crippen molar-refractivity contribution < 1.29 is 13.9 Å². The Hall–Kier alpha value is -1.99. The van der Waals surface area contributed by atoms with E-state index >= 15 is 0 Å². The Morgan fingerprint density at radius 3 is 2.73 bits per heavy atom. The van der Waals surface area contributed by atoms with E-state index in [2.05, 4.69) is 15.5 Å². The van der Waals surface area contributed by atoms with Gasteiger partial charge in [0.2, 0.25) is 5.89 Å². The van der Waals surface area contributed by atoms with Gasteiger partial charge >= 0.3 is 0 Å². The third-order valence-corrected chi connectivity index (χ3v) is 6.00. The maximum Gasteiger partial charge on any atom is 0.284 e. The zero-order chi connectivity index (χ0) is 18.1. The van der Waals surface area contributed by atoms with Gasteiger partial charge in [-0.3, -0.25) is 4.79 Å². The van der Waals surface area contributed by atoms with Gasteiger partial charge < -0.3 is 14.5 Å². The summed E-state index contributed by atoms with van der Waals surface area (Å²) >= 11 is 4.89. The molecule has 26 heavy (non-hydrogen) atoms. The van der Waals surface area contributed by atoms with E-state index in [1.54, 1.807) is 12.1 Å². The largest absolute Gasteiger partial charge is 0.409 e. The number of H-pyrrole nitrogens is 1. The van der Waals surface area contributed by atoms with Gasteiger partial charge in [-0.05, 0) is 62.7 Å². The van der Waals surface area contributed by atoms with Crippen molar-refractivity contribution in [3.63, 3.8) is 0 Å². The first-order valence-corrected chi connectivity index (χ1v) is 9.61. The maximum absolute atomic E-state index is 12.7. The molecule has 138 valence electrons. The van der Waals surface area contributed by atoms with Crippen LogP contribution >= 0.6 is 12.2 Å². The molecular weight excluding hydrogens is 350 g/mol. The number of benzene rings is 1. The second-order valence-corrected chi connectivity index (χ2v) is 7.51. The van der Waals surface area contributed by atoms with Crippen molar-refractivity contribution in [1.29, 1.82) is 0 Å². The van der Waals surface area contributed by atoms with Crippen molar-refractivity contribution in [2.24, 2.45) is 5.41 Å². The highest BCUT2D eigenvalue weighted by Crippen LogP contribution is 2.54. The van der Waals surface area contributed by atoms with Gasteiger partial charge in [0.05, 0.1) is 6.10 Å². The lowest BCUT2D eigenvalue weighted by atomic mass is 9.60. The van der Waals surface area contributed by atoms with Gasteiger partial charge in [0.1, 0.15) is 0 Å². The van der Waals surface area contributed by atoms with E-state index < -0.39 is 0 Å². The summed E-state index contributed by atoms with van der Waals surface area (Å²) in [6, 6.07) is 7.42. The molecule has 1 aromatic heterocycles. The number of hydrogen-bond donors (Lipinski definition) is 2.